The topological polar surface area (TPSA) is 59.3 Å². The molecule has 0 aromatic carbocycles. The van der Waals surface area contributed by atoms with Gasteiger partial charge in [-0.1, -0.05) is 0 Å². The van der Waals surface area contributed by atoms with E-state index in [9.17, 15) is 4.79 Å². The highest BCUT2D eigenvalue weighted by molar-refractivity contribution is 5.79. The Kier molecular flexibility index (Phi) is 4.75. The molecule has 1 heterocycles. The Morgan fingerprint density at radius 1 is 1.69 bits per heavy atom. The summed E-state index contributed by atoms with van der Waals surface area (Å²) in [6, 6.07) is 2.06. The lowest BCUT2D eigenvalue weighted by Crippen LogP contribution is -2.29. The summed E-state index contributed by atoms with van der Waals surface area (Å²) in [6.45, 7) is 4.50. The smallest absolute Gasteiger partial charge is 0.326 e. The number of nitrogens with zero attached hydrogens (tertiary/aromatic N) is 1. The van der Waals surface area contributed by atoms with Gasteiger partial charge in [0.15, 0.2) is 5.41 Å². The predicted octanol–water partition coefficient (Wildman–Crippen LogP) is 2.04. The zero-order valence-corrected chi connectivity index (χ0v) is 9.99. The van der Waals surface area contributed by atoms with E-state index in [-0.39, 0.29) is 6.10 Å². The average molecular weight is 225 g/mol. The third-order valence-electron chi connectivity index (χ3n) is 2.96. The molecule has 2 atom stereocenters. The van der Waals surface area contributed by atoms with Gasteiger partial charge in [0, 0.05) is 6.61 Å². The lowest BCUT2D eigenvalue weighted by molar-refractivity contribution is -0.151. The molecule has 0 bridgehead atoms. The summed E-state index contributed by atoms with van der Waals surface area (Å²) in [5, 5.41) is 9.06. The van der Waals surface area contributed by atoms with Gasteiger partial charge in [0.25, 0.3) is 0 Å². The number of rotatable bonds is 5. The second-order valence-corrected chi connectivity index (χ2v) is 4.34. The molecule has 1 aliphatic rings. The maximum atomic E-state index is 11.6. The van der Waals surface area contributed by atoms with E-state index in [0.29, 0.717) is 13.0 Å². The van der Waals surface area contributed by atoms with Crippen LogP contribution in [0.3, 0.4) is 0 Å². The highest BCUT2D eigenvalue weighted by atomic mass is 16.5. The van der Waals surface area contributed by atoms with Crippen LogP contribution in [-0.2, 0) is 14.3 Å². The first-order valence-electron chi connectivity index (χ1n) is 5.82. The van der Waals surface area contributed by atoms with E-state index in [1.165, 1.54) is 0 Å². The second-order valence-electron chi connectivity index (χ2n) is 4.34. The van der Waals surface area contributed by atoms with Gasteiger partial charge in [0.2, 0.25) is 0 Å². The van der Waals surface area contributed by atoms with E-state index >= 15 is 0 Å². The van der Waals surface area contributed by atoms with Crippen LogP contribution in [0.5, 0.6) is 0 Å². The van der Waals surface area contributed by atoms with Gasteiger partial charge in [-0.05, 0) is 39.5 Å². The van der Waals surface area contributed by atoms with Crippen LogP contribution in [0.4, 0.5) is 0 Å². The van der Waals surface area contributed by atoms with E-state index in [2.05, 4.69) is 6.07 Å². The number of carbonyl (C=O) groups excluding carboxylic acids is 1. The Labute approximate surface area is 96.5 Å². The van der Waals surface area contributed by atoms with Crippen molar-refractivity contribution in [2.45, 2.75) is 45.6 Å². The third-order valence-corrected chi connectivity index (χ3v) is 2.96. The van der Waals surface area contributed by atoms with E-state index in [4.69, 9.17) is 14.7 Å². The largest absolute Gasteiger partial charge is 0.465 e. The Morgan fingerprint density at radius 3 is 2.94 bits per heavy atom. The van der Waals surface area contributed by atoms with Crippen molar-refractivity contribution < 1.29 is 14.3 Å². The molecule has 16 heavy (non-hydrogen) atoms. The molecule has 2 unspecified atom stereocenters. The molecule has 0 radical (unpaired) electrons. The van der Waals surface area contributed by atoms with Crippen molar-refractivity contribution in [1.82, 2.24) is 0 Å². The molecule has 4 heteroatoms. The van der Waals surface area contributed by atoms with E-state index in [0.717, 1.165) is 25.9 Å². The standard InChI is InChI=1S/C12H19NO3/c1-3-15-11(14)12(2,9-13)7-6-10-5-4-8-16-10/h10H,3-8H2,1-2H3. The quantitative estimate of drug-likeness (QED) is 0.672. The van der Waals surface area contributed by atoms with Crippen molar-refractivity contribution in [2.24, 2.45) is 5.41 Å². The SMILES string of the molecule is CCOC(=O)C(C)(C#N)CCC1CCCO1. The summed E-state index contributed by atoms with van der Waals surface area (Å²) in [5.74, 6) is -0.421. The monoisotopic (exact) mass is 225 g/mol. The maximum Gasteiger partial charge on any atom is 0.326 e. The average Bonchev–Trinajstić information content (AvgIpc) is 2.79. The van der Waals surface area contributed by atoms with Crippen LogP contribution in [0.2, 0.25) is 0 Å². The van der Waals surface area contributed by atoms with Crippen LogP contribution in [0.15, 0.2) is 0 Å². The maximum absolute atomic E-state index is 11.6. The highest BCUT2D eigenvalue weighted by Gasteiger charge is 2.35. The molecule has 0 N–H and O–H groups in total. The molecule has 1 fully saturated rings. The first-order valence-corrected chi connectivity index (χ1v) is 5.82. The number of hydrogen-bond donors (Lipinski definition) is 0. The highest BCUT2D eigenvalue weighted by Crippen LogP contribution is 2.28. The minimum absolute atomic E-state index is 0.210. The molecule has 0 amide bonds. The number of ether oxygens (including phenoxy) is 2. The molecule has 0 aromatic rings. The number of carbonyl (C=O) groups is 1. The minimum Gasteiger partial charge on any atom is -0.465 e. The van der Waals surface area contributed by atoms with Crippen molar-refractivity contribution in [3.8, 4) is 6.07 Å². The van der Waals surface area contributed by atoms with Crippen LogP contribution >= 0.6 is 0 Å². The molecule has 0 spiro atoms. The van der Waals surface area contributed by atoms with Gasteiger partial charge in [-0.25, -0.2) is 0 Å². The molecular formula is C12H19NO3. The fourth-order valence-corrected chi connectivity index (χ4v) is 1.82. The zero-order chi connectivity index (χ0) is 12.0. The van der Waals surface area contributed by atoms with Crippen LogP contribution in [-0.4, -0.2) is 25.3 Å². The van der Waals surface area contributed by atoms with Gasteiger partial charge in [0.1, 0.15) is 0 Å². The number of esters is 1. The fraction of sp³-hybridized carbons (Fsp3) is 0.833. The third kappa shape index (κ3) is 3.21. The number of hydrogen-bond acceptors (Lipinski definition) is 4. The van der Waals surface area contributed by atoms with Crippen LogP contribution in [0.1, 0.15) is 39.5 Å². The van der Waals surface area contributed by atoms with Gasteiger partial charge in [-0.15, -0.1) is 0 Å². The summed E-state index contributed by atoms with van der Waals surface area (Å²) in [4.78, 5) is 11.6. The van der Waals surface area contributed by atoms with Gasteiger partial charge in [-0.2, -0.15) is 5.26 Å². The van der Waals surface area contributed by atoms with Crippen molar-refractivity contribution in [1.29, 1.82) is 5.26 Å². The fourth-order valence-electron chi connectivity index (χ4n) is 1.82. The summed E-state index contributed by atoms with van der Waals surface area (Å²) >= 11 is 0. The number of nitriles is 1. The molecule has 1 rings (SSSR count). The van der Waals surface area contributed by atoms with Crippen LogP contribution < -0.4 is 0 Å². The lowest BCUT2D eigenvalue weighted by Gasteiger charge is -2.20. The molecule has 4 nitrogen and oxygen atoms in total. The first kappa shape index (κ1) is 13.0. The second kappa shape index (κ2) is 5.86. The van der Waals surface area contributed by atoms with Gasteiger partial charge in [0.05, 0.1) is 18.8 Å². The van der Waals surface area contributed by atoms with E-state index in [1.807, 2.05) is 0 Å². The summed E-state index contributed by atoms with van der Waals surface area (Å²) in [6.07, 6.45) is 3.58. The predicted molar refractivity (Wildman–Crippen MR) is 58.6 cm³/mol. The van der Waals surface area contributed by atoms with Crippen molar-refractivity contribution in [3.63, 3.8) is 0 Å². The Hall–Kier alpha value is -1.08. The normalized spacial score (nSPS) is 23.4. The van der Waals surface area contributed by atoms with Gasteiger partial charge >= 0.3 is 5.97 Å². The summed E-state index contributed by atoms with van der Waals surface area (Å²) in [5.41, 5.74) is -1.03. The Morgan fingerprint density at radius 2 is 2.44 bits per heavy atom. The van der Waals surface area contributed by atoms with E-state index < -0.39 is 11.4 Å². The van der Waals surface area contributed by atoms with Crippen molar-refractivity contribution in [2.75, 3.05) is 13.2 Å². The van der Waals surface area contributed by atoms with Crippen LogP contribution in [0.25, 0.3) is 0 Å². The Balaban J connectivity index is 2.46. The van der Waals surface area contributed by atoms with Gasteiger partial charge < -0.3 is 9.47 Å². The molecule has 1 aliphatic heterocycles. The van der Waals surface area contributed by atoms with Gasteiger partial charge in [-0.3, -0.25) is 4.79 Å². The molecule has 90 valence electrons. The molecular weight excluding hydrogens is 206 g/mol. The summed E-state index contributed by atoms with van der Waals surface area (Å²) in [7, 11) is 0. The van der Waals surface area contributed by atoms with Crippen molar-refractivity contribution in [3.05, 3.63) is 0 Å². The minimum atomic E-state index is -1.03. The molecule has 0 saturated carbocycles. The molecule has 0 aliphatic carbocycles. The van der Waals surface area contributed by atoms with E-state index in [1.54, 1.807) is 13.8 Å². The molecule has 0 aromatic heterocycles. The summed E-state index contributed by atoms with van der Waals surface area (Å²) < 4.78 is 10.4. The zero-order valence-electron chi connectivity index (χ0n) is 9.99. The molecule has 1 saturated heterocycles. The Bertz CT molecular complexity index is 278. The van der Waals surface area contributed by atoms with Crippen LogP contribution in [0, 0.1) is 16.7 Å². The first-order chi connectivity index (χ1) is 7.62. The lowest BCUT2D eigenvalue weighted by atomic mass is 9.86. The van der Waals surface area contributed by atoms with Crippen molar-refractivity contribution >= 4 is 5.97 Å².